The van der Waals surface area contributed by atoms with Crippen LogP contribution < -0.4 is 11.1 Å². The molecule has 1 aliphatic heterocycles. The van der Waals surface area contributed by atoms with Gasteiger partial charge in [0.2, 0.25) is 0 Å². The van der Waals surface area contributed by atoms with Crippen LogP contribution in [0.15, 0.2) is 0 Å². The minimum Gasteiger partial charge on any atom is -0.381 e. The van der Waals surface area contributed by atoms with E-state index in [1.165, 1.54) is 0 Å². The van der Waals surface area contributed by atoms with Crippen molar-refractivity contribution in [1.82, 2.24) is 5.32 Å². The average Bonchev–Trinajstić information content (AvgIpc) is 2.05. The molecule has 0 bridgehead atoms. The minimum absolute atomic E-state index is 0.142. The summed E-state index contributed by atoms with van der Waals surface area (Å²) < 4.78 is 5.34. The predicted molar refractivity (Wildman–Crippen MR) is 54.7 cm³/mol. The third kappa shape index (κ3) is 2.93. The van der Waals surface area contributed by atoms with E-state index in [-0.39, 0.29) is 5.54 Å². The number of rotatable bonds is 3. The molecule has 3 nitrogen and oxygen atoms in total. The van der Waals surface area contributed by atoms with Gasteiger partial charge in [-0.2, -0.15) is 0 Å². The van der Waals surface area contributed by atoms with Gasteiger partial charge in [0.15, 0.2) is 0 Å². The van der Waals surface area contributed by atoms with Gasteiger partial charge in [0.05, 0.1) is 0 Å². The number of likely N-dealkylation sites (N-methyl/N-ethyl adjacent to an activating group) is 1. The molecule has 78 valence electrons. The molecule has 3 heteroatoms. The topological polar surface area (TPSA) is 47.3 Å². The summed E-state index contributed by atoms with van der Waals surface area (Å²) in [7, 11) is 1.99. The Bertz CT molecular complexity index is 147. The van der Waals surface area contributed by atoms with Crippen LogP contribution in [0, 0.1) is 5.92 Å². The molecule has 1 unspecified atom stereocenters. The third-order valence-corrected chi connectivity index (χ3v) is 2.85. The Hall–Kier alpha value is -0.120. The van der Waals surface area contributed by atoms with Crippen molar-refractivity contribution in [3.8, 4) is 0 Å². The Morgan fingerprint density at radius 1 is 1.38 bits per heavy atom. The van der Waals surface area contributed by atoms with E-state index in [1.807, 2.05) is 7.05 Å². The standard InChI is InChI=1S/C10H22N2O/c1-10(2,11)9(12-3)8-4-6-13-7-5-8/h8-9,12H,4-7,11H2,1-3H3. The highest BCUT2D eigenvalue weighted by molar-refractivity contribution is 4.92. The van der Waals surface area contributed by atoms with Crippen LogP contribution in [0.1, 0.15) is 26.7 Å². The second kappa shape index (κ2) is 4.40. The first-order valence-corrected chi connectivity index (χ1v) is 5.09. The summed E-state index contributed by atoms with van der Waals surface area (Å²) in [6.07, 6.45) is 2.26. The van der Waals surface area contributed by atoms with Crippen molar-refractivity contribution in [2.24, 2.45) is 11.7 Å². The first-order chi connectivity index (χ1) is 6.05. The van der Waals surface area contributed by atoms with Gasteiger partial charge in [0.1, 0.15) is 0 Å². The summed E-state index contributed by atoms with van der Waals surface area (Å²) in [6, 6.07) is 0.399. The van der Waals surface area contributed by atoms with Crippen molar-refractivity contribution in [3.63, 3.8) is 0 Å². The van der Waals surface area contributed by atoms with E-state index in [0.717, 1.165) is 26.1 Å². The van der Waals surface area contributed by atoms with Crippen LogP contribution in [0.2, 0.25) is 0 Å². The van der Waals surface area contributed by atoms with Gasteiger partial charge in [-0.05, 0) is 39.7 Å². The van der Waals surface area contributed by atoms with E-state index in [9.17, 15) is 0 Å². The molecule has 0 spiro atoms. The van der Waals surface area contributed by atoms with Gasteiger partial charge >= 0.3 is 0 Å². The van der Waals surface area contributed by atoms with Gasteiger partial charge in [-0.3, -0.25) is 0 Å². The maximum Gasteiger partial charge on any atom is 0.0469 e. The second-order valence-corrected chi connectivity index (χ2v) is 4.54. The maximum atomic E-state index is 6.12. The lowest BCUT2D eigenvalue weighted by atomic mass is 9.81. The average molecular weight is 186 g/mol. The van der Waals surface area contributed by atoms with Crippen LogP contribution in [0.5, 0.6) is 0 Å². The molecule has 0 radical (unpaired) electrons. The maximum absolute atomic E-state index is 6.12. The zero-order valence-corrected chi connectivity index (χ0v) is 8.97. The van der Waals surface area contributed by atoms with Crippen LogP contribution in [0.3, 0.4) is 0 Å². The molecule has 3 N–H and O–H groups in total. The second-order valence-electron chi connectivity index (χ2n) is 4.54. The smallest absolute Gasteiger partial charge is 0.0469 e. The van der Waals surface area contributed by atoms with E-state index in [0.29, 0.717) is 12.0 Å². The largest absolute Gasteiger partial charge is 0.381 e. The molecular formula is C10H22N2O. The van der Waals surface area contributed by atoms with Crippen molar-refractivity contribution in [3.05, 3.63) is 0 Å². The highest BCUT2D eigenvalue weighted by Gasteiger charge is 2.32. The molecule has 1 saturated heterocycles. The van der Waals surface area contributed by atoms with Crippen LogP contribution in [0.25, 0.3) is 0 Å². The summed E-state index contributed by atoms with van der Waals surface area (Å²) in [5, 5.41) is 3.33. The summed E-state index contributed by atoms with van der Waals surface area (Å²) in [6.45, 7) is 5.95. The molecule has 0 amide bonds. The van der Waals surface area contributed by atoms with Crippen LogP contribution >= 0.6 is 0 Å². The molecule has 1 atom stereocenters. The van der Waals surface area contributed by atoms with Gasteiger partial charge in [-0.15, -0.1) is 0 Å². The SMILES string of the molecule is CNC(C1CCOCC1)C(C)(C)N. The van der Waals surface area contributed by atoms with Crippen LogP contribution in [-0.2, 0) is 4.74 Å². The first kappa shape index (κ1) is 11.0. The number of nitrogens with one attached hydrogen (secondary N) is 1. The zero-order valence-electron chi connectivity index (χ0n) is 8.97. The fourth-order valence-electron chi connectivity index (χ4n) is 2.26. The van der Waals surface area contributed by atoms with Crippen molar-refractivity contribution in [2.75, 3.05) is 20.3 Å². The Morgan fingerprint density at radius 2 is 1.92 bits per heavy atom. The van der Waals surface area contributed by atoms with Gasteiger partial charge in [0.25, 0.3) is 0 Å². The molecule has 0 saturated carbocycles. The van der Waals surface area contributed by atoms with E-state index >= 15 is 0 Å². The molecule has 1 fully saturated rings. The van der Waals surface area contributed by atoms with Crippen LogP contribution in [-0.4, -0.2) is 31.8 Å². The molecule has 0 aromatic rings. The number of nitrogens with two attached hydrogens (primary N) is 1. The lowest BCUT2D eigenvalue weighted by Crippen LogP contribution is -2.56. The number of hydrogen-bond acceptors (Lipinski definition) is 3. The highest BCUT2D eigenvalue weighted by atomic mass is 16.5. The number of hydrogen-bond donors (Lipinski definition) is 2. The quantitative estimate of drug-likeness (QED) is 0.683. The Kier molecular flexibility index (Phi) is 3.71. The molecule has 1 rings (SSSR count). The molecule has 0 aromatic heterocycles. The molecule has 1 heterocycles. The zero-order chi connectivity index (χ0) is 9.90. The normalized spacial score (nSPS) is 23.1. The Labute approximate surface area is 81.0 Å². The lowest BCUT2D eigenvalue weighted by Gasteiger charge is -2.38. The van der Waals surface area contributed by atoms with Crippen molar-refractivity contribution in [2.45, 2.75) is 38.3 Å². The van der Waals surface area contributed by atoms with Gasteiger partial charge in [0, 0.05) is 24.8 Å². The number of ether oxygens (including phenoxy) is 1. The molecular weight excluding hydrogens is 164 g/mol. The predicted octanol–water partition coefficient (Wildman–Crippen LogP) is 0.738. The van der Waals surface area contributed by atoms with Crippen LogP contribution in [0.4, 0.5) is 0 Å². The lowest BCUT2D eigenvalue weighted by molar-refractivity contribution is 0.0452. The highest BCUT2D eigenvalue weighted by Crippen LogP contribution is 2.24. The fraction of sp³-hybridized carbons (Fsp3) is 1.00. The monoisotopic (exact) mass is 186 g/mol. The molecule has 1 aliphatic rings. The summed E-state index contributed by atoms with van der Waals surface area (Å²) >= 11 is 0. The third-order valence-electron chi connectivity index (χ3n) is 2.85. The summed E-state index contributed by atoms with van der Waals surface area (Å²) in [5.74, 6) is 0.666. The minimum atomic E-state index is -0.142. The summed E-state index contributed by atoms with van der Waals surface area (Å²) in [4.78, 5) is 0. The van der Waals surface area contributed by atoms with Crippen molar-refractivity contribution < 1.29 is 4.74 Å². The van der Waals surface area contributed by atoms with Crippen molar-refractivity contribution >= 4 is 0 Å². The first-order valence-electron chi connectivity index (χ1n) is 5.09. The Balaban J connectivity index is 2.54. The molecule has 13 heavy (non-hydrogen) atoms. The van der Waals surface area contributed by atoms with Gasteiger partial charge in [-0.25, -0.2) is 0 Å². The summed E-state index contributed by atoms with van der Waals surface area (Å²) in [5.41, 5.74) is 5.98. The van der Waals surface area contributed by atoms with E-state index in [1.54, 1.807) is 0 Å². The molecule has 0 aliphatic carbocycles. The molecule has 0 aromatic carbocycles. The van der Waals surface area contributed by atoms with E-state index < -0.39 is 0 Å². The Morgan fingerprint density at radius 3 is 2.31 bits per heavy atom. The van der Waals surface area contributed by atoms with E-state index in [4.69, 9.17) is 10.5 Å². The van der Waals surface area contributed by atoms with Crippen molar-refractivity contribution in [1.29, 1.82) is 0 Å². The van der Waals surface area contributed by atoms with E-state index in [2.05, 4.69) is 19.2 Å². The van der Waals surface area contributed by atoms with Gasteiger partial charge < -0.3 is 15.8 Å². The van der Waals surface area contributed by atoms with Gasteiger partial charge in [-0.1, -0.05) is 0 Å². The fourth-order valence-corrected chi connectivity index (χ4v) is 2.26.